The third-order valence-corrected chi connectivity index (χ3v) is 3.50. The van der Waals surface area contributed by atoms with Gasteiger partial charge in [0.2, 0.25) is 0 Å². The molecule has 1 aromatic carbocycles. The molecule has 0 amide bonds. The molecule has 0 radical (unpaired) electrons. The van der Waals surface area contributed by atoms with Gasteiger partial charge >= 0.3 is 0 Å². The lowest BCUT2D eigenvalue weighted by Crippen LogP contribution is -2.34. The predicted molar refractivity (Wildman–Crippen MR) is 83.9 cm³/mol. The van der Waals surface area contributed by atoms with Crippen LogP contribution in [0.5, 0.6) is 5.75 Å². The molecular formula is C15H24BrNO3. The second-order valence-corrected chi connectivity index (χ2v) is 5.33. The monoisotopic (exact) mass is 345 g/mol. The smallest absolute Gasteiger partial charge is 0.169 e. The minimum absolute atomic E-state index is 0.0657. The number of benzene rings is 1. The van der Waals surface area contributed by atoms with Gasteiger partial charge in [0.05, 0.1) is 0 Å². The number of phenolic OH excluding ortho intramolecular Hbond substituents is 1. The summed E-state index contributed by atoms with van der Waals surface area (Å²) >= 11 is 3.44. The molecule has 0 saturated heterocycles. The molecule has 0 aromatic heterocycles. The summed E-state index contributed by atoms with van der Waals surface area (Å²) in [6, 6.07) is 5.53. The Balaban J connectivity index is 2.68. The first-order chi connectivity index (χ1) is 9.62. The fraction of sp³-hybridized carbons (Fsp3) is 0.600. The van der Waals surface area contributed by atoms with E-state index in [0.717, 1.165) is 16.5 Å². The number of hydrogen-bond acceptors (Lipinski definition) is 4. The molecule has 1 atom stereocenters. The molecule has 114 valence electrons. The van der Waals surface area contributed by atoms with E-state index in [1.54, 1.807) is 6.07 Å². The van der Waals surface area contributed by atoms with Gasteiger partial charge in [-0.3, -0.25) is 0 Å². The van der Waals surface area contributed by atoms with Crippen molar-refractivity contribution in [3.05, 3.63) is 28.2 Å². The molecule has 1 unspecified atom stereocenters. The third-order valence-electron chi connectivity index (χ3n) is 3.01. The van der Waals surface area contributed by atoms with Crippen LogP contribution in [0.1, 0.15) is 38.8 Å². The highest BCUT2D eigenvalue weighted by atomic mass is 79.9. The summed E-state index contributed by atoms with van der Waals surface area (Å²) in [6.45, 7) is 7.80. The van der Waals surface area contributed by atoms with Crippen LogP contribution in [0.3, 0.4) is 0 Å². The maximum absolute atomic E-state index is 9.99. The number of nitrogens with one attached hydrogen (secondary N) is 1. The number of aromatic hydroxyl groups is 1. The maximum Gasteiger partial charge on any atom is 0.169 e. The molecule has 0 saturated carbocycles. The van der Waals surface area contributed by atoms with Crippen LogP contribution < -0.4 is 5.32 Å². The molecule has 4 nitrogen and oxygen atoms in total. The zero-order valence-corrected chi connectivity index (χ0v) is 13.9. The van der Waals surface area contributed by atoms with Gasteiger partial charge in [-0.25, -0.2) is 0 Å². The zero-order chi connectivity index (χ0) is 15.0. The van der Waals surface area contributed by atoms with Gasteiger partial charge in [0, 0.05) is 35.8 Å². The molecule has 0 aliphatic carbocycles. The van der Waals surface area contributed by atoms with Crippen molar-refractivity contribution in [3.8, 4) is 5.75 Å². The SMILES string of the molecule is CCOC(CNC(CC)c1cc(Br)ccc1O)OCC. The summed E-state index contributed by atoms with van der Waals surface area (Å²) in [4.78, 5) is 0. The topological polar surface area (TPSA) is 50.7 Å². The lowest BCUT2D eigenvalue weighted by molar-refractivity contribution is -0.133. The molecule has 0 bridgehead atoms. The Hall–Kier alpha value is -0.620. The molecule has 1 rings (SSSR count). The van der Waals surface area contributed by atoms with E-state index in [1.807, 2.05) is 26.0 Å². The molecule has 0 spiro atoms. The number of halogens is 1. The lowest BCUT2D eigenvalue weighted by atomic mass is 10.0. The van der Waals surface area contributed by atoms with Crippen LogP contribution in [-0.2, 0) is 9.47 Å². The number of hydrogen-bond donors (Lipinski definition) is 2. The largest absolute Gasteiger partial charge is 0.508 e. The average molecular weight is 346 g/mol. The Bertz CT molecular complexity index is 395. The van der Waals surface area contributed by atoms with Gasteiger partial charge in [0.1, 0.15) is 5.75 Å². The van der Waals surface area contributed by atoms with Crippen LogP contribution in [0.25, 0.3) is 0 Å². The van der Waals surface area contributed by atoms with Crippen LogP contribution in [0.15, 0.2) is 22.7 Å². The van der Waals surface area contributed by atoms with Crippen molar-refractivity contribution in [2.75, 3.05) is 19.8 Å². The highest BCUT2D eigenvalue weighted by molar-refractivity contribution is 9.10. The van der Waals surface area contributed by atoms with Crippen LogP contribution in [0.4, 0.5) is 0 Å². The fourth-order valence-electron chi connectivity index (χ4n) is 2.05. The van der Waals surface area contributed by atoms with Crippen molar-refractivity contribution in [3.63, 3.8) is 0 Å². The van der Waals surface area contributed by atoms with Crippen molar-refractivity contribution >= 4 is 15.9 Å². The Morgan fingerprint density at radius 3 is 2.40 bits per heavy atom. The van der Waals surface area contributed by atoms with Gasteiger partial charge in [0.25, 0.3) is 0 Å². The standard InChI is InChI=1S/C15H24BrNO3/c1-4-13(12-9-11(16)7-8-14(12)18)17-10-15(19-5-2)20-6-3/h7-9,13,15,17-18H,4-6,10H2,1-3H3. The summed E-state index contributed by atoms with van der Waals surface area (Å²) in [5.74, 6) is 0.303. The molecule has 0 fully saturated rings. The molecule has 0 aliphatic heterocycles. The Kier molecular flexibility index (Phi) is 8.14. The summed E-state index contributed by atoms with van der Waals surface area (Å²) in [5, 5.41) is 13.4. The van der Waals surface area contributed by atoms with Crippen molar-refractivity contribution in [2.24, 2.45) is 0 Å². The average Bonchev–Trinajstić information content (AvgIpc) is 2.43. The Morgan fingerprint density at radius 2 is 1.85 bits per heavy atom. The van der Waals surface area contributed by atoms with Crippen molar-refractivity contribution in [1.82, 2.24) is 5.32 Å². The van der Waals surface area contributed by atoms with Gasteiger partial charge in [-0.15, -0.1) is 0 Å². The molecule has 5 heteroatoms. The molecular weight excluding hydrogens is 322 g/mol. The fourth-order valence-corrected chi connectivity index (χ4v) is 2.43. The number of phenols is 1. The van der Waals surface area contributed by atoms with Crippen LogP contribution >= 0.6 is 15.9 Å². The zero-order valence-electron chi connectivity index (χ0n) is 12.4. The van der Waals surface area contributed by atoms with Gasteiger partial charge in [-0.1, -0.05) is 22.9 Å². The quantitative estimate of drug-likeness (QED) is 0.671. The first-order valence-electron chi connectivity index (χ1n) is 7.07. The summed E-state index contributed by atoms with van der Waals surface area (Å²) in [7, 11) is 0. The molecule has 0 aliphatic rings. The van der Waals surface area contributed by atoms with E-state index < -0.39 is 0 Å². The van der Waals surface area contributed by atoms with Crippen LogP contribution in [0.2, 0.25) is 0 Å². The number of rotatable bonds is 9. The van der Waals surface area contributed by atoms with Gasteiger partial charge < -0.3 is 19.9 Å². The minimum atomic E-state index is -0.256. The molecule has 1 aromatic rings. The summed E-state index contributed by atoms with van der Waals surface area (Å²) in [5.41, 5.74) is 0.883. The predicted octanol–water partition coefficient (Wildman–Crippen LogP) is 3.59. The van der Waals surface area contributed by atoms with Crippen LogP contribution in [-0.4, -0.2) is 31.2 Å². The second kappa shape index (κ2) is 9.34. The highest BCUT2D eigenvalue weighted by Gasteiger charge is 2.16. The van der Waals surface area contributed by atoms with E-state index in [4.69, 9.17) is 9.47 Å². The van der Waals surface area contributed by atoms with Gasteiger partial charge in [-0.2, -0.15) is 0 Å². The Morgan fingerprint density at radius 1 is 1.20 bits per heavy atom. The van der Waals surface area contributed by atoms with Gasteiger partial charge in [-0.05, 0) is 38.5 Å². The van der Waals surface area contributed by atoms with Crippen molar-refractivity contribution < 1.29 is 14.6 Å². The first-order valence-corrected chi connectivity index (χ1v) is 7.86. The number of ether oxygens (including phenoxy) is 2. The normalized spacial score (nSPS) is 12.8. The van der Waals surface area contributed by atoms with E-state index in [2.05, 4.69) is 28.2 Å². The minimum Gasteiger partial charge on any atom is -0.508 e. The van der Waals surface area contributed by atoms with Gasteiger partial charge in [0.15, 0.2) is 6.29 Å². The second-order valence-electron chi connectivity index (χ2n) is 4.41. The first kappa shape index (κ1) is 17.4. The molecule has 20 heavy (non-hydrogen) atoms. The summed E-state index contributed by atoms with van der Waals surface area (Å²) in [6.07, 6.45) is 0.614. The summed E-state index contributed by atoms with van der Waals surface area (Å²) < 4.78 is 12.0. The van der Waals surface area contributed by atoms with Crippen molar-refractivity contribution in [1.29, 1.82) is 0 Å². The molecule has 2 N–H and O–H groups in total. The van der Waals surface area contributed by atoms with Crippen molar-refractivity contribution in [2.45, 2.75) is 39.5 Å². The van der Waals surface area contributed by atoms with E-state index in [1.165, 1.54) is 0 Å². The Labute approximate surface area is 129 Å². The lowest BCUT2D eigenvalue weighted by Gasteiger charge is -2.23. The van der Waals surface area contributed by atoms with E-state index in [9.17, 15) is 5.11 Å². The maximum atomic E-state index is 9.99. The van der Waals surface area contributed by atoms with E-state index in [-0.39, 0.29) is 12.3 Å². The highest BCUT2D eigenvalue weighted by Crippen LogP contribution is 2.29. The molecule has 0 heterocycles. The van der Waals surface area contributed by atoms with E-state index >= 15 is 0 Å². The third kappa shape index (κ3) is 5.40. The van der Waals surface area contributed by atoms with Crippen LogP contribution in [0, 0.1) is 0 Å². The van der Waals surface area contributed by atoms with E-state index in [0.29, 0.717) is 25.5 Å².